The molecule has 0 saturated heterocycles. The lowest BCUT2D eigenvalue weighted by molar-refractivity contribution is 0.0524. The molecule has 0 saturated carbocycles. The Kier molecular flexibility index (Phi) is 4.82. The zero-order valence-corrected chi connectivity index (χ0v) is 13.9. The normalized spacial score (nSPS) is 11.4. The molecule has 2 rings (SSSR count). The minimum Gasteiger partial charge on any atom is -0.505 e. The van der Waals surface area contributed by atoms with Gasteiger partial charge in [-0.1, -0.05) is 0 Å². The molecule has 1 aromatic heterocycles. The fourth-order valence-electron chi connectivity index (χ4n) is 2.81. The Bertz CT molecular complexity index is 750. The smallest absolute Gasteiger partial charge is 0.340 e. The second kappa shape index (κ2) is 6.47. The number of aromatic hydroxyl groups is 1. The summed E-state index contributed by atoms with van der Waals surface area (Å²) >= 11 is 0. The minimum absolute atomic E-state index is 0.0492. The van der Waals surface area contributed by atoms with Gasteiger partial charge in [-0.3, -0.25) is 0 Å². The standard InChI is InChI=1S/C16H23N3O4/c1-5-23-16(22)14-12(8-20)19(4)11-6-10(17)15(21)9(13(11)14)7-18(2)3/h6,20-21H,5,7-8,17H2,1-4H3. The highest BCUT2D eigenvalue weighted by Crippen LogP contribution is 2.38. The van der Waals surface area contributed by atoms with Crippen LogP contribution >= 0.6 is 0 Å². The fourth-order valence-corrected chi connectivity index (χ4v) is 2.81. The molecule has 0 aliphatic rings. The Balaban J connectivity index is 2.91. The van der Waals surface area contributed by atoms with Gasteiger partial charge in [0.15, 0.2) is 0 Å². The van der Waals surface area contributed by atoms with Crippen LogP contribution in [0.25, 0.3) is 10.9 Å². The fraction of sp³-hybridized carbons (Fsp3) is 0.438. The molecule has 0 aliphatic carbocycles. The van der Waals surface area contributed by atoms with Crippen LogP contribution in [-0.4, -0.2) is 46.4 Å². The summed E-state index contributed by atoms with van der Waals surface area (Å²) in [4.78, 5) is 14.3. The Morgan fingerprint density at radius 3 is 2.61 bits per heavy atom. The lowest BCUT2D eigenvalue weighted by Crippen LogP contribution is -2.13. The molecule has 0 amide bonds. The summed E-state index contributed by atoms with van der Waals surface area (Å²) in [5.74, 6) is -0.571. The Morgan fingerprint density at radius 1 is 1.43 bits per heavy atom. The predicted molar refractivity (Wildman–Crippen MR) is 88.3 cm³/mol. The van der Waals surface area contributed by atoms with Gasteiger partial charge in [0.1, 0.15) is 5.75 Å². The molecule has 7 heteroatoms. The molecule has 126 valence electrons. The van der Waals surface area contributed by atoms with Crippen LogP contribution in [-0.2, 0) is 24.9 Å². The first-order valence-corrected chi connectivity index (χ1v) is 7.37. The van der Waals surface area contributed by atoms with Crippen LogP contribution in [0, 0.1) is 0 Å². The van der Waals surface area contributed by atoms with E-state index in [1.165, 1.54) is 0 Å². The van der Waals surface area contributed by atoms with E-state index in [2.05, 4.69) is 0 Å². The first-order chi connectivity index (χ1) is 10.8. The number of nitrogens with zero attached hydrogens (tertiary/aromatic N) is 2. The number of fused-ring (bicyclic) bond motifs is 1. The molecule has 0 atom stereocenters. The molecule has 1 aromatic carbocycles. The average molecular weight is 321 g/mol. The van der Waals surface area contributed by atoms with Crippen molar-refractivity contribution in [1.29, 1.82) is 0 Å². The number of anilines is 1. The van der Waals surface area contributed by atoms with Gasteiger partial charge in [0.05, 0.1) is 35.7 Å². The van der Waals surface area contributed by atoms with Gasteiger partial charge in [-0.05, 0) is 27.1 Å². The van der Waals surface area contributed by atoms with Crippen molar-refractivity contribution in [3.63, 3.8) is 0 Å². The highest BCUT2D eigenvalue weighted by atomic mass is 16.5. The third-order valence-electron chi connectivity index (χ3n) is 3.82. The van der Waals surface area contributed by atoms with Crippen LogP contribution in [0.15, 0.2) is 6.07 Å². The van der Waals surface area contributed by atoms with Gasteiger partial charge in [-0.25, -0.2) is 4.79 Å². The van der Waals surface area contributed by atoms with Crippen LogP contribution in [0.4, 0.5) is 5.69 Å². The van der Waals surface area contributed by atoms with E-state index in [4.69, 9.17) is 10.5 Å². The van der Waals surface area contributed by atoms with Crippen molar-refractivity contribution in [1.82, 2.24) is 9.47 Å². The number of phenols is 1. The van der Waals surface area contributed by atoms with Gasteiger partial charge in [0, 0.05) is 24.5 Å². The van der Waals surface area contributed by atoms with Crippen molar-refractivity contribution < 1.29 is 19.7 Å². The lowest BCUT2D eigenvalue weighted by Gasteiger charge is -2.15. The molecule has 0 unspecified atom stereocenters. The molecular formula is C16H23N3O4. The molecule has 0 fully saturated rings. The molecule has 4 N–H and O–H groups in total. The number of aliphatic hydroxyl groups excluding tert-OH is 1. The summed E-state index contributed by atoms with van der Waals surface area (Å²) in [6, 6.07) is 1.60. The van der Waals surface area contributed by atoms with Crippen LogP contribution in [0.5, 0.6) is 5.75 Å². The third-order valence-corrected chi connectivity index (χ3v) is 3.82. The number of ether oxygens (including phenoxy) is 1. The van der Waals surface area contributed by atoms with Crippen molar-refractivity contribution in [2.24, 2.45) is 7.05 Å². The number of phenolic OH excluding ortho intramolecular Hbond substituents is 1. The van der Waals surface area contributed by atoms with E-state index >= 15 is 0 Å². The maximum atomic E-state index is 12.4. The SMILES string of the molecule is CCOC(=O)c1c(CO)n(C)c2cc(N)c(O)c(CN(C)C)c12. The van der Waals surface area contributed by atoms with Crippen molar-refractivity contribution >= 4 is 22.6 Å². The summed E-state index contributed by atoms with van der Waals surface area (Å²) < 4.78 is 6.84. The van der Waals surface area contributed by atoms with E-state index in [1.807, 2.05) is 19.0 Å². The first-order valence-electron chi connectivity index (χ1n) is 7.37. The zero-order valence-electron chi connectivity index (χ0n) is 13.9. The molecule has 1 heterocycles. The Hall–Kier alpha value is -2.25. The average Bonchev–Trinajstić information content (AvgIpc) is 2.76. The van der Waals surface area contributed by atoms with Crippen molar-refractivity contribution in [2.75, 3.05) is 26.4 Å². The topological polar surface area (TPSA) is 101 Å². The van der Waals surface area contributed by atoms with Gasteiger partial charge in [-0.15, -0.1) is 0 Å². The summed E-state index contributed by atoms with van der Waals surface area (Å²) in [6.07, 6.45) is 0. The van der Waals surface area contributed by atoms with Gasteiger partial charge in [0.25, 0.3) is 0 Å². The summed E-state index contributed by atoms with van der Waals surface area (Å²) in [6.45, 7) is 2.03. The maximum Gasteiger partial charge on any atom is 0.340 e. The number of carbonyl (C=O) groups is 1. The van der Waals surface area contributed by atoms with Crippen LogP contribution in [0.3, 0.4) is 0 Å². The van der Waals surface area contributed by atoms with Gasteiger partial charge >= 0.3 is 5.97 Å². The second-order valence-corrected chi connectivity index (χ2v) is 5.68. The van der Waals surface area contributed by atoms with Crippen LogP contribution in [0.1, 0.15) is 28.5 Å². The molecule has 0 bridgehead atoms. The van der Waals surface area contributed by atoms with E-state index < -0.39 is 5.97 Å². The number of nitrogen functional groups attached to an aromatic ring is 1. The number of hydrogen-bond donors (Lipinski definition) is 3. The van der Waals surface area contributed by atoms with Gasteiger partial charge < -0.3 is 30.2 Å². The lowest BCUT2D eigenvalue weighted by atomic mass is 10.0. The maximum absolute atomic E-state index is 12.4. The number of aliphatic hydroxyl groups is 1. The molecular weight excluding hydrogens is 298 g/mol. The quantitative estimate of drug-likeness (QED) is 0.434. The monoisotopic (exact) mass is 321 g/mol. The number of carbonyl (C=O) groups excluding carboxylic acids is 1. The summed E-state index contributed by atoms with van der Waals surface area (Å²) in [5.41, 5.74) is 8.06. The molecule has 7 nitrogen and oxygen atoms in total. The van der Waals surface area contributed by atoms with Gasteiger partial charge in [-0.2, -0.15) is 0 Å². The number of nitrogens with two attached hydrogens (primary N) is 1. The van der Waals surface area contributed by atoms with Crippen LogP contribution < -0.4 is 5.73 Å². The van der Waals surface area contributed by atoms with E-state index in [9.17, 15) is 15.0 Å². The Morgan fingerprint density at radius 2 is 2.09 bits per heavy atom. The summed E-state index contributed by atoms with van der Waals surface area (Å²) in [5, 5.41) is 20.6. The molecule has 23 heavy (non-hydrogen) atoms. The molecule has 0 radical (unpaired) electrons. The first kappa shape index (κ1) is 17.1. The van der Waals surface area contributed by atoms with E-state index in [1.54, 1.807) is 24.6 Å². The molecule has 0 spiro atoms. The number of aromatic nitrogens is 1. The molecule has 0 aliphatic heterocycles. The largest absolute Gasteiger partial charge is 0.505 e. The van der Waals surface area contributed by atoms with Crippen molar-refractivity contribution in [2.45, 2.75) is 20.1 Å². The van der Waals surface area contributed by atoms with E-state index in [0.29, 0.717) is 28.7 Å². The Labute approximate surface area is 134 Å². The van der Waals surface area contributed by atoms with Crippen LogP contribution in [0.2, 0.25) is 0 Å². The van der Waals surface area contributed by atoms with E-state index in [0.717, 1.165) is 0 Å². The van der Waals surface area contributed by atoms with E-state index in [-0.39, 0.29) is 30.2 Å². The number of rotatable bonds is 5. The predicted octanol–water partition coefficient (Wildman–Crippen LogP) is 1.20. The van der Waals surface area contributed by atoms with Crippen molar-refractivity contribution in [3.8, 4) is 5.75 Å². The minimum atomic E-state index is -0.522. The third kappa shape index (κ3) is 2.85. The van der Waals surface area contributed by atoms with Gasteiger partial charge in [0.2, 0.25) is 0 Å². The molecule has 2 aromatic rings. The number of hydrogen-bond acceptors (Lipinski definition) is 6. The zero-order chi connectivity index (χ0) is 17.3. The number of aryl methyl sites for hydroxylation is 1. The highest BCUT2D eigenvalue weighted by molar-refractivity contribution is 6.09. The number of esters is 1. The highest BCUT2D eigenvalue weighted by Gasteiger charge is 2.26. The number of benzene rings is 1. The van der Waals surface area contributed by atoms with Crippen molar-refractivity contribution in [3.05, 3.63) is 22.9 Å². The summed E-state index contributed by atoms with van der Waals surface area (Å²) in [7, 11) is 5.45. The second-order valence-electron chi connectivity index (χ2n) is 5.68.